The first kappa shape index (κ1) is 25.7. The van der Waals surface area contributed by atoms with Crippen LogP contribution in [-0.4, -0.2) is 26.2 Å². The minimum Gasteiger partial charge on any atom is -0.488 e. The van der Waals surface area contributed by atoms with Gasteiger partial charge in [-0.1, -0.05) is 42.5 Å². The molecule has 0 fully saturated rings. The second kappa shape index (κ2) is 11.1. The third-order valence-corrected chi connectivity index (χ3v) is 6.35. The Morgan fingerprint density at radius 1 is 0.865 bits per heavy atom. The summed E-state index contributed by atoms with van der Waals surface area (Å²) in [5.74, 6) is -1.14. The molecular formula is C30H28O7. The van der Waals surface area contributed by atoms with E-state index in [1.165, 1.54) is 14.2 Å². The van der Waals surface area contributed by atoms with E-state index in [-0.39, 0.29) is 17.6 Å². The zero-order valence-corrected chi connectivity index (χ0v) is 21.2. The van der Waals surface area contributed by atoms with Crippen LogP contribution in [0.15, 0.2) is 75.9 Å². The molecule has 0 amide bonds. The molecule has 3 aromatic carbocycles. The van der Waals surface area contributed by atoms with Gasteiger partial charge in [-0.25, -0.2) is 4.79 Å². The van der Waals surface area contributed by atoms with Crippen molar-refractivity contribution in [3.63, 3.8) is 0 Å². The second-order valence-corrected chi connectivity index (χ2v) is 8.73. The first-order valence-corrected chi connectivity index (χ1v) is 11.8. The molecule has 1 atom stereocenters. The van der Waals surface area contributed by atoms with Crippen molar-refractivity contribution in [2.45, 2.75) is 32.8 Å². The van der Waals surface area contributed by atoms with E-state index in [1.54, 1.807) is 43.3 Å². The number of methoxy groups -OCH3 is 2. The van der Waals surface area contributed by atoms with Crippen LogP contribution >= 0.6 is 0 Å². The molecule has 7 nitrogen and oxygen atoms in total. The molecule has 7 heteroatoms. The Labute approximate surface area is 214 Å². The number of ether oxygens (including phenoxy) is 3. The number of esters is 2. The highest BCUT2D eigenvalue weighted by Gasteiger charge is 2.29. The van der Waals surface area contributed by atoms with Crippen molar-refractivity contribution in [2.24, 2.45) is 0 Å². The molecule has 0 saturated carbocycles. The quantitative estimate of drug-likeness (QED) is 0.304. The van der Waals surface area contributed by atoms with Gasteiger partial charge in [-0.05, 0) is 55.7 Å². The largest absolute Gasteiger partial charge is 0.488 e. The van der Waals surface area contributed by atoms with Gasteiger partial charge in [0.1, 0.15) is 29.6 Å². The molecule has 0 aliphatic carbocycles. The molecule has 4 rings (SSSR count). The molecule has 37 heavy (non-hydrogen) atoms. The molecule has 0 aliphatic heterocycles. The lowest BCUT2D eigenvalue weighted by molar-refractivity contribution is -0.142. The van der Waals surface area contributed by atoms with E-state index in [4.69, 9.17) is 18.6 Å². The van der Waals surface area contributed by atoms with Crippen LogP contribution in [0, 0.1) is 13.8 Å². The minimum atomic E-state index is -0.900. The van der Waals surface area contributed by atoms with Crippen LogP contribution < -0.4 is 10.2 Å². The molecule has 1 unspecified atom stereocenters. The predicted molar refractivity (Wildman–Crippen MR) is 139 cm³/mol. The van der Waals surface area contributed by atoms with Crippen molar-refractivity contribution in [3.8, 4) is 5.75 Å². The second-order valence-electron chi connectivity index (χ2n) is 8.73. The summed E-state index contributed by atoms with van der Waals surface area (Å²) in [6, 6.07) is 20.0. The maximum Gasteiger partial charge on any atom is 0.337 e. The van der Waals surface area contributed by atoms with E-state index >= 15 is 0 Å². The molecule has 4 aromatic rings. The normalized spacial score (nSPS) is 11.7. The lowest BCUT2D eigenvalue weighted by Crippen LogP contribution is -2.21. The number of hydrogen-bond acceptors (Lipinski definition) is 7. The number of hydrogen-bond donors (Lipinski definition) is 0. The van der Waals surface area contributed by atoms with Gasteiger partial charge in [0, 0.05) is 11.1 Å². The van der Waals surface area contributed by atoms with Crippen LogP contribution in [-0.2, 0) is 27.3 Å². The molecule has 1 heterocycles. The zero-order valence-electron chi connectivity index (χ0n) is 21.2. The van der Waals surface area contributed by atoms with Crippen molar-refractivity contribution in [1.82, 2.24) is 0 Å². The van der Waals surface area contributed by atoms with Crippen molar-refractivity contribution in [2.75, 3.05) is 14.2 Å². The third-order valence-electron chi connectivity index (χ3n) is 6.35. The molecular weight excluding hydrogens is 472 g/mol. The average Bonchev–Trinajstić information content (AvgIpc) is 2.93. The average molecular weight is 501 g/mol. The first-order chi connectivity index (χ1) is 17.8. The van der Waals surface area contributed by atoms with Gasteiger partial charge >= 0.3 is 11.9 Å². The lowest BCUT2D eigenvalue weighted by Gasteiger charge is -2.18. The summed E-state index contributed by atoms with van der Waals surface area (Å²) in [7, 11) is 2.59. The Bertz CT molecular complexity index is 1500. The van der Waals surface area contributed by atoms with Crippen LogP contribution in [0.25, 0.3) is 11.0 Å². The van der Waals surface area contributed by atoms with Gasteiger partial charge in [0.05, 0.1) is 25.2 Å². The highest BCUT2D eigenvalue weighted by Crippen LogP contribution is 2.32. The fourth-order valence-corrected chi connectivity index (χ4v) is 4.31. The summed E-state index contributed by atoms with van der Waals surface area (Å²) in [6.45, 7) is 3.81. The van der Waals surface area contributed by atoms with E-state index in [1.807, 2.05) is 37.3 Å². The number of carbonyl (C=O) groups is 2. The summed E-state index contributed by atoms with van der Waals surface area (Å²) in [5, 5.41) is 0.405. The fourth-order valence-electron chi connectivity index (χ4n) is 4.31. The number of rotatable bonds is 8. The lowest BCUT2D eigenvalue weighted by atomic mass is 9.92. The Hall–Kier alpha value is -4.39. The molecule has 0 radical (unpaired) electrons. The van der Waals surface area contributed by atoms with E-state index in [0.29, 0.717) is 45.6 Å². The van der Waals surface area contributed by atoms with Crippen LogP contribution in [0.2, 0.25) is 0 Å². The van der Waals surface area contributed by atoms with Crippen LogP contribution in [0.5, 0.6) is 5.75 Å². The van der Waals surface area contributed by atoms with Crippen LogP contribution in [0.1, 0.15) is 44.3 Å². The molecule has 0 aliphatic rings. The Morgan fingerprint density at radius 3 is 2.30 bits per heavy atom. The van der Waals surface area contributed by atoms with Gasteiger partial charge in [0.2, 0.25) is 0 Å². The molecule has 0 saturated heterocycles. The third kappa shape index (κ3) is 5.40. The fraction of sp³-hybridized carbons (Fsp3) is 0.233. The summed E-state index contributed by atoms with van der Waals surface area (Å²) in [5.41, 5.74) is 3.16. The number of fused-ring (bicyclic) bond motifs is 1. The van der Waals surface area contributed by atoms with Gasteiger partial charge in [0.25, 0.3) is 0 Å². The number of carbonyl (C=O) groups excluding carboxylic acids is 2. The highest BCUT2D eigenvalue weighted by atomic mass is 16.5. The van der Waals surface area contributed by atoms with Crippen LogP contribution in [0.3, 0.4) is 0 Å². The topological polar surface area (TPSA) is 92.0 Å². The maximum atomic E-state index is 13.3. The van der Waals surface area contributed by atoms with Crippen molar-refractivity contribution in [1.29, 1.82) is 0 Å². The summed E-state index contributed by atoms with van der Waals surface area (Å²) in [6.07, 6.45) is 0.163. The van der Waals surface area contributed by atoms with E-state index in [9.17, 15) is 14.4 Å². The number of benzene rings is 3. The van der Waals surface area contributed by atoms with Gasteiger partial charge < -0.3 is 18.6 Å². The van der Waals surface area contributed by atoms with E-state index < -0.39 is 17.9 Å². The van der Waals surface area contributed by atoms with E-state index in [0.717, 1.165) is 5.56 Å². The monoisotopic (exact) mass is 500 g/mol. The van der Waals surface area contributed by atoms with Crippen molar-refractivity contribution in [3.05, 3.63) is 111 Å². The maximum absolute atomic E-state index is 13.3. The summed E-state index contributed by atoms with van der Waals surface area (Å²) < 4.78 is 22.2. The minimum absolute atomic E-state index is 0.163. The van der Waals surface area contributed by atoms with E-state index in [2.05, 4.69) is 0 Å². The molecule has 0 N–H and O–H groups in total. The zero-order chi connectivity index (χ0) is 26.5. The Balaban J connectivity index is 1.76. The molecule has 0 spiro atoms. The molecule has 0 bridgehead atoms. The predicted octanol–water partition coefficient (Wildman–Crippen LogP) is 5.27. The SMILES string of the molecule is COC(=O)c1cccc(CC(C(=O)OC)c2oc3c(C)c(OCc4ccccc4)ccc3c(=O)c2C)c1. The van der Waals surface area contributed by atoms with Crippen molar-refractivity contribution < 1.29 is 28.2 Å². The molecule has 1 aromatic heterocycles. The Morgan fingerprint density at radius 2 is 1.59 bits per heavy atom. The molecule has 190 valence electrons. The van der Waals surface area contributed by atoms with Gasteiger partial charge in [-0.2, -0.15) is 0 Å². The van der Waals surface area contributed by atoms with Gasteiger partial charge in [0.15, 0.2) is 5.43 Å². The number of aryl methyl sites for hydroxylation is 1. The highest BCUT2D eigenvalue weighted by molar-refractivity contribution is 5.89. The summed E-state index contributed by atoms with van der Waals surface area (Å²) >= 11 is 0. The van der Waals surface area contributed by atoms with Crippen LogP contribution in [0.4, 0.5) is 0 Å². The smallest absolute Gasteiger partial charge is 0.337 e. The Kier molecular flexibility index (Phi) is 7.72. The summed E-state index contributed by atoms with van der Waals surface area (Å²) in [4.78, 5) is 38.2. The van der Waals surface area contributed by atoms with Crippen molar-refractivity contribution >= 4 is 22.9 Å². The standard InChI is InChI=1S/C30H28O7/c1-18-25(36-17-20-9-6-5-7-10-20)14-13-23-26(31)19(2)28(37-27(18)23)24(30(33)35-4)16-21-11-8-12-22(15-21)29(32)34-3/h5-15,24H,16-17H2,1-4H3. The first-order valence-electron chi connectivity index (χ1n) is 11.8. The van der Waals surface area contributed by atoms with Gasteiger partial charge in [-0.3, -0.25) is 9.59 Å². The van der Waals surface area contributed by atoms with Gasteiger partial charge in [-0.15, -0.1) is 0 Å².